The summed E-state index contributed by atoms with van der Waals surface area (Å²) in [6.07, 6.45) is 2.64. The number of hydrogen-bond acceptors (Lipinski definition) is 4. The lowest BCUT2D eigenvalue weighted by atomic mass is 9.99. The molecule has 0 fully saturated rings. The van der Waals surface area contributed by atoms with E-state index >= 15 is 0 Å². The normalized spacial score (nSPS) is 11.8. The molecule has 32 heavy (non-hydrogen) atoms. The lowest BCUT2D eigenvalue weighted by molar-refractivity contribution is -0.123. The summed E-state index contributed by atoms with van der Waals surface area (Å²) >= 11 is 3.46. The lowest BCUT2D eigenvalue weighted by Crippen LogP contribution is -2.24. The molecule has 0 aromatic heterocycles. The van der Waals surface area contributed by atoms with Crippen molar-refractivity contribution in [3.63, 3.8) is 0 Å². The van der Waals surface area contributed by atoms with Crippen LogP contribution in [-0.2, 0) is 11.4 Å². The van der Waals surface area contributed by atoms with Crippen molar-refractivity contribution in [2.75, 3.05) is 6.61 Å². The van der Waals surface area contributed by atoms with Gasteiger partial charge in [-0.1, -0.05) is 72.2 Å². The number of rotatable bonds is 10. The molecule has 0 aliphatic rings. The Balaban J connectivity index is 1.52. The Hall–Kier alpha value is -3.12. The van der Waals surface area contributed by atoms with Gasteiger partial charge in [-0.25, -0.2) is 5.43 Å². The smallest absolute Gasteiger partial charge is 0.277 e. The third-order valence-electron chi connectivity index (χ3n) is 5.03. The van der Waals surface area contributed by atoms with Crippen molar-refractivity contribution < 1.29 is 14.3 Å². The van der Waals surface area contributed by atoms with Crippen LogP contribution in [0, 0.1) is 0 Å². The summed E-state index contributed by atoms with van der Waals surface area (Å²) in [5.74, 6) is 1.49. The van der Waals surface area contributed by atoms with E-state index in [2.05, 4.69) is 40.3 Å². The highest BCUT2D eigenvalue weighted by Crippen LogP contribution is 2.23. The molecule has 1 amide bonds. The summed E-state index contributed by atoms with van der Waals surface area (Å²) in [7, 11) is 0. The van der Waals surface area contributed by atoms with E-state index in [4.69, 9.17) is 9.47 Å². The Morgan fingerprint density at radius 3 is 2.53 bits per heavy atom. The van der Waals surface area contributed by atoms with Crippen LogP contribution < -0.4 is 14.9 Å². The standard InChI is InChI=1S/C26H27BrN2O3/c1-3-19(2)21-9-12-24(13-10-21)31-18-26(30)29-28-16-22-15-23(27)11-14-25(22)32-17-20-7-5-4-6-8-20/h4-16,19H,3,17-18H2,1-2H3,(H,29,30)/b28-16-/t19-/m1/s1. The van der Waals surface area contributed by atoms with Crippen molar-refractivity contribution in [3.05, 3.63) is 94.0 Å². The summed E-state index contributed by atoms with van der Waals surface area (Å²) < 4.78 is 12.4. The maximum Gasteiger partial charge on any atom is 0.277 e. The van der Waals surface area contributed by atoms with E-state index in [1.807, 2.05) is 72.8 Å². The van der Waals surface area contributed by atoms with Gasteiger partial charge in [0, 0.05) is 10.0 Å². The van der Waals surface area contributed by atoms with E-state index in [9.17, 15) is 4.79 Å². The van der Waals surface area contributed by atoms with Crippen LogP contribution in [0.4, 0.5) is 0 Å². The number of ether oxygens (including phenoxy) is 2. The van der Waals surface area contributed by atoms with E-state index in [-0.39, 0.29) is 12.5 Å². The van der Waals surface area contributed by atoms with Crippen LogP contribution >= 0.6 is 15.9 Å². The third kappa shape index (κ3) is 7.24. The maximum absolute atomic E-state index is 12.1. The second-order valence-corrected chi connectivity index (χ2v) is 8.33. The summed E-state index contributed by atoms with van der Waals surface area (Å²) in [5.41, 5.74) is 5.57. The highest BCUT2D eigenvalue weighted by Gasteiger charge is 2.06. The molecule has 3 aromatic rings. The fourth-order valence-corrected chi connectivity index (χ4v) is 3.35. The number of nitrogens with one attached hydrogen (secondary N) is 1. The minimum absolute atomic E-state index is 0.115. The summed E-state index contributed by atoms with van der Waals surface area (Å²) in [6, 6.07) is 23.4. The largest absolute Gasteiger partial charge is 0.488 e. The van der Waals surface area contributed by atoms with Gasteiger partial charge in [0.15, 0.2) is 6.61 Å². The van der Waals surface area contributed by atoms with Crippen molar-refractivity contribution in [2.45, 2.75) is 32.8 Å². The molecule has 166 valence electrons. The highest BCUT2D eigenvalue weighted by atomic mass is 79.9. The van der Waals surface area contributed by atoms with E-state index in [0.29, 0.717) is 24.0 Å². The van der Waals surface area contributed by atoms with Crippen LogP contribution in [0.5, 0.6) is 11.5 Å². The molecule has 6 heteroatoms. The predicted molar refractivity (Wildman–Crippen MR) is 131 cm³/mol. The molecule has 3 aromatic carbocycles. The van der Waals surface area contributed by atoms with Gasteiger partial charge in [0.2, 0.25) is 0 Å². The molecule has 3 rings (SSSR count). The van der Waals surface area contributed by atoms with Gasteiger partial charge >= 0.3 is 0 Å². The Kier molecular flexibility index (Phi) is 8.87. The minimum Gasteiger partial charge on any atom is -0.488 e. The molecule has 5 nitrogen and oxygen atoms in total. The molecule has 0 radical (unpaired) electrons. The fourth-order valence-electron chi connectivity index (χ4n) is 2.97. The molecule has 1 N–H and O–H groups in total. The second kappa shape index (κ2) is 12.1. The molecule has 0 bridgehead atoms. The Labute approximate surface area is 197 Å². The van der Waals surface area contributed by atoms with Gasteiger partial charge in [-0.15, -0.1) is 0 Å². The van der Waals surface area contributed by atoms with E-state index in [1.165, 1.54) is 5.56 Å². The molecule has 0 saturated heterocycles. The van der Waals surface area contributed by atoms with Crippen molar-refractivity contribution in [1.29, 1.82) is 0 Å². The first-order chi connectivity index (χ1) is 15.5. The number of amides is 1. The van der Waals surface area contributed by atoms with Crippen molar-refractivity contribution in [3.8, 4) is 11.5 Å². The van der Waals surface area contributed by atoms with Gasteiger partial charge in [0.1, 0.15) is 18.1 Å². The van der Waals surface area contributed by atoms with Crippen molar-refractivity contribution in [1.82, 2.24) is 5.43 Å². The van der Waals surface area contributed by atoms with E-state index in [1.54, 1.807) is 6.21 Å². The molecule has 0 aliphatic heterocycles. The number of hydrogen-bond donors (Lipinski definition) is 1. The van der Waals surface area contributed by atoms with Gasteiger partial charge in [-0.05, 0) is 53.8 Å². The lowest BCUT2D eigenvalue weighted by Gasteiger charge is -2.10. The molecule has 0 aliphatic carbocycles. The van der Waals surface area contributed by atoms with Crippen LogP contribution in [-0.4, -0.2) is 18.7 Å². The first kappa shape index (κ1) is 23.5. The van der Waals surface area contributed by atoms with Gasteiger partial charge in [-0.2, -0.15) is 5.10 Å². The monoisotopic (exact) mass is 494 g/mol. The zero-order chi connectivity index (χ0) is 22.8. The van der Waals surface area contributed by atoms with E-state index < -0.39 is 0 Å². The molecule has 0 saturated carbocycles. The van der Waals surface area contributed by atoms with Crippen LogP contribution in [0.2, 0.25) is 0 Å². The Morgan fingerprint density at radius 1 is 1.06 bits per heavy atom. The predicted octanol–water partition coefficient (Wildman–Crippen LogP) is 6.07. The van der Waals surface area contributed by atoms with Crippen LogP contribution in [0.25, 0.3) is 0 Å². The van der Waals surface area contributed by atoms with Gasteiger partial charge < -0.3 is 9.47 Å². The van der Waals surface area contributed by atoms with Crippen LogP contribution in [0.1, 0.15) is 42.9 Å². The number of carbonyl (C=O) groups excluding carboxylic acids is 1. The fraction of sp³-hybridized carbons (Fsp3) is 0.231. The molecular formula is C26H27BrN2O3. The van der Waals surface area contributed by atoms with Crippen LogP contribution in [0.15, 0.2) is 82.4 Å². The minimum atomic E-state index is -0.339. The number of benzene rings is 3. The summed E-state index contributed by atoms with van der Waals surface area (Å²) in [6.45, 7) is 4.67. The van der Waals surface area contributed by atoms with Gasteiger partial charge in [0.25, 0.3) is 5.91 Å². The Morgan fingerprint density at radius 2 is 1.81 bits per heavy atom. The number of hydrazone groups is 1. The van der Waals surface area contributed by atoms with E-state index in [0.717, 1.165) is 22.0 Å². The molecule has 0 heterocycles. The summed E-state index contributed by atoms with van der Waals surface area (Å²) in [5, 5.41) is 4.05. The van der Waals surface area contributed by atoms with Gasteiger partial charge in [-0.3, -0.25) is 4.79 Å². The Bertz CT molecular complexity index is 1040. The first-order valence-corrected chi connectivity index (χ1v) is 11.4. The average molecular weight is 495 g/mol. The maximum atomic E-state index is 12.1. The quantitative estimate of drug-likeness (QED) is 0.274. The van der Waals surface area contributed by atoms with Crippen molar-refractivity contribution in [2.24, 2.45) is 5.10 Å². The highest BCUT2D eigenvalue weighted by molar-refractivity contribution is 9.10. The van der Waals surface area contributed by atoms with Gasteiger partial charge in [0.05, 0.1) is 6.21 Å². The zero-order valence-electron chi connectivity index (χ0n) is 18.3. The zero-order valence-corrected chi connectivity index (χ0v) is 19.8. The SMILES string of the molecule is CC[C@@H](C)c1ccc(OCC(=O)N/N=C\c2cc(Br)ccc2OCc2ccccc2)cc1. The number of carbonyl (C=O) groups is 1. The first-order valence-electron chi connectivity index (χ1n) is 10.6. The second-order valence-electron chi connectivity index (χ2n) is 7.42. The topological polar surface area (TPSA) is 59.9 Å². The summed E-state index contributed by atoms with van der Waals surface area (Å²) in [4.78, 5) is 12.1. The molecule has 1 atom stereocenters. The molecular weight excluding hydrogens is 468 g/mol. The van der Waals surface area contributed by atoms with Crippen LogP contribution in [0.3, 0.4) is 0 Å². The third-order valence-corrected chi connectivity index (χ3v) is 5.53. The molecule has 0 unspecified atom stereocenters. The average Bonchev–Trinajstić information content (AvgIpc) is 2.82. The molecule has 0 spiro atoms. The number of nitrogens with zero attached hydrogens (tertiary/aromatic N) is 1. The number of halogens is 1. The van der Waals surface area contributed by atoms with Crippen molar-refractivity contribution >= 4 is 28.1 Å².